The third-order valence-electron chi connectivity index (χ3n) is 2.90. The van der Waals surface area contributed by atoms with E-state index in [0.29, 0.717) is 12.1 Å². The first-order valence-corrected chi connectivity index (χ1v) is 6.04. The van der Waals surface area contributed by atoms with Crippen LogP contribution in [0.1, 0.15) is 28.5 Å². The highest BCUT2D eigenvalue weighted by Crippen LogP contribution is 2.26. The van der Waals surface area contributed by atoms with E-state index in [-0.39, 0.29) is 11.4 Å². The van der Waals surface area contributed by atoms with Gasteiger partial charge in [-0.05, 0) is 31.0 Å². The lowest BCUT2D eigenvalue weighted by molar-refractivity contribution is 0.0692. The van der Waals surface area contributed by atoms with Gasteiger partial charge in [0.2, 0.25) is 5.88 Å². The van der Waals surface area contributed by atoms with Crippen molar-refractivity contribution in [3.63, 3.8) is 0 Å². The van der Waals surface area contributed by atoms with E-state index in [1.807, 2.05) is 38.1 Å². The van der Waals surface area contributed by atoms with Crippen LogP contribution in [0.25, 0.3) is 5.69 Å². The van der Waals surface area contributed by atoms with Crippen LogP contribution < -0.4 is 4.74 Å². The van der Waals surface area contributed by atoms with Crippen LogP contribution in [-0.2, 0) is 6.42 Å². The number of aryl methyl sites for hydroxylation is 2. The van der Waals surface area contributed by atoms with Crippen molar-refractivity contribution in [2.24, 2.45) is 0 Å². The third kappa shape index (κ3) is 2.31. The van der Waals surface area contributed by atoms with Crippen LogP contribution in [0.15, 0.2) is 24.3 Å². The highest BCUT2D eigenvalue weighted by atomic mass is 16.5. The van der Waals surface area contributed by atoms with Crippen molar-refractivity contribution in [3.8, 4) is 11.6 Å². The molecule has 2 rings (SSSR count). The lowest BCUT2D eigenvalue weighted by atomic mass is 10.2. The van der Waals surface area contributed by atoms with Gasteiger partial charge in [0.15, 0.2) is 0 Å². The molecule has 0 atom stereocenters. The normalized spacial score (nSPS) is 10.5. The molecule has 0 radical (unpaired) electrons. The summed E-state index contributed by atoms with van der Waals surface area (Å²) in [6.45, 7) is 3.84. The molecule has 0 saturated heterocycles. The molecule has 5 heteroatoms. The molecule has 0 saturated carbocycles. The Morgan fingerprint density at radius 3 is 2.74 bits per heavy atom. The van der Waals surface area contributed by atoms with Crippen LogP contribution in [0, 0.1) is 6.92 Å². The number of ether oxygens (including phenoxy) is 1. The smallest absolute Gasteiger partial charge is 0.343 e. The maximum absolute atomic E-state index is 11.3. The molecule has 0 aliphatic carbocycles. The zero-order valence-corrected chi connectivity index (χ0v) is 11.2. The molecule has 2 aromatic rings. The highest BCUT2D eigenvalue weighted by Gasteiger charge is 2.24. The fourth-order valence-electron chi connectivity index (χ4n) is 2.03. The first-order chi connectivity index (χ1) is 9.08. The van der Waals surface area contributed by atoms with E-state index in [1.54, 1.807) is 0 Å². The summed E-state index contributed by atoms with van der Waals surface area (Å²) in [4.78, 5) is 11.3. The highest BCUT2D eigenvalue weighted by molar-refractivity contribution is 5.92. The average molecular weight is 260 g/mol. The second-order valence-electron chi connectivity index (χ2n) is 4.24. The van der Waals surface area contributed by atoms with Crippen molar-refractivity contribution in [1.29, 1.82) is 0 Å². The molecular formula is C14H16N2O3. The summed E-state index contributed by atoms with van der Waals surface area (Å²) in [5.41, 5.74) is 2.52. The van der Waals surface area contributed by atoms with Gasteiger partial charge < -0.3 is 9.84 Å². The Morgan fingerprint density at radius 2 is 2.21 bits per heavy atom. The van der Waals surface area contributed by atoms with Gasteiger partial charge in [0.25, 0.3) is 0 Å². The number of carbonyl (C=O) groups is 1. The van der Waals surface area contributed by atoms with Gasteiger partial charge in [-0.2, -0.15) is 5.10 Å². The Labute approximate surface area is 111 Å². The fourth-order valence-corrected chi connectivity index (χ4v) is 2.03. The van der Waals surface area contributed by atoms with E-state index in [9.17, 15) is 9.90 Å². The molecular weight excluding hydrogens is 244 g/mol. The Hall–Kier alpha value is -2.30. The number of hydrogen-bond acceptors (Lipinski definition) is 3. The molecule has 100 valence electrons. The number of carboxylic acid groups (broad SMARTS) is 1. The topological polar surface area (TPSA) is 64.4 Å². The van der Waals surface area contributed by atoms with E-state index in [1.165, 1.54) is 11.8 Å². The number of benzene rings is 1. The molecule has 0 amide bonds. The minimum Gasteiger partial charge on any atom is -0.480 e. The minimum absolute atomic E-state index is 0.131. The lowest BCUT2D eigenvalue weighted by Gasteiger charge is -2.07. The van der Waals surface area contributed by atoms with E-state index in [2.05, 4.69) is 5.10 Å². The Morgan fingerprint density at radius 1 is 1.47 bits per heavy atom. The van der Waals surface area contributed by atoms with Crippen molar-refractivity contribution in [3.05, 3.63) is 41.1 Å². The fraction of sp³-hybridized carbons (Fsp3) is 0.286. The summed E-state index contributed by atoms with van der Waals surface area (Å²) in [7, 11) is 1.45. The second-order valence-corrected chi connectivity index (χ2v) is 4.24. The summed E-state index contributed by atoms with van der Waals surface area (Å²) >= 11 is 0. The van der Waals surface area contributed by atoms with E-state index in [0.717, 1.165) is 11.3 Å². The predicted octanol–water partition coefficient (Wildman–Crippen LogP) is 2.45. The Bertz CT molecular complexity index is 617. The molecule has 0 unspecified atom stereocenters. The van der Waals surface area contributed by atoms with Crippen LogP contribution in [0.3, 0.4) is 0 Å². The number of aromatic nitrogens is 2. The van der Waals surface area contributed by atoms with Crippen LogP contribution in [0.5, 0.6) is 5.88 Å². The molecule has 0 fully saturated rings. The molecule has 1 heterocycles. The molecule has 0 aliphatic heterocycles. The van der Waals surface area contributed by atoms with Gasteiger partial charge in [0.1, 0.15) is 5.56 Å². The molecule has 0 aliphatic rings. The van der Waals surface area contributed by atoms with Crippen molar-refractivity contribution in [2.75, 3.05) is 7.11 Å². The number of nitrogens with zero attached hydrogens (tertiary/aromatic N) is 2. The number of hydrogen-bond donors (Lipinski definition) is 1. The number of carboxylic acids is 1. The van der Waals surface area contributed by atoms with Crippen molar-refractivity contribution in [2.45, 2.75) is 20.3 Å². The van der Waals surface area contributed by atoms with Crippen LogP contribution in [0.4, 0.5) is 0 Å². The van der Waals surface area contributed by atoms with E-state index in [4.69, 9.17) is 4.74 Å². The number of rotatable bonds is 4. The first-order valence-electron chi connectivity index (χ1n) is 6.04. The SMILES string of the molecule is CCc1nn(-c2cccc(C)c2)c(OC)c1C(=O)O. The van der Waals surface area contributed by atoms with Crippen LogP contribution in [-0.4, -0.2) is 28.0 Å². The lowest BCUT2D eigenvalue weighted by Crippen LogP contribution is -2.03. The van der Waals surface area contributed by atoms with Gasteiger partial charge in [-0.15, -0.1) is 0 Å². The van der Waals surface area contributed by atoms with Gasteiger partial charge in [0.05, 0.1) is 18.5 Å². The average Bonchev–Trinajstić information content (AvgIpc) is 2.77. The first kappa shape index (κ1) is 13.1. The summed E-state index contributed by atoms with van der Waals surface area (Å²) in [5.74, 6) is -0.762. The summed E-state index contributed by atoms with van der Waals surface area (Å²) < 4.78 is 6.77. The largest absolute Gasteiger partial charge is 0.480 e. The standard InChI is InChI=1S/C14H16N2O3/c1-4-11-12(14(17)18)13(19-3)16(15-11)10-7-5-6-9(2)8-10/h5-8H,4H2,1-3H3,(H,17,18). The van der Waals surface area contributed by atoms with Gasteiger partial charge in [-0.3, -0.25) is 0 Å². The number of methoxy groups -OCH3 is 1. The van der Waals surface area contributed by atoms with Crippen molar-refractivity contribution < 1.29 is 14.6 Å². The molecule has 0 bridgehead atoms. The second kappa shape index (κ2) is 5.14. The van der Waals surface area contributed by atoms with Gasteiger partial charge in [-0.1, -0.05) is 19.1 Å². The summed E-state index contributed by atoms with van der Waals surface area (Å²) in [5, 5.41) is 13.6. The molecule has 0 spiro atoms. The van der Waals surface area contributed by atoms with Gasteiger partial charge in [-0.25, -0.2) is 9.48 Å². The number of aromatic carboxylic acids is 1. The quantitative estimate of drug-likeness (QED) is 0.917. The Balaban J connectivity index is 2.67. The summed E-state index contributed by atoms with van der Waals surface area (Å²) in [6, 6.07) is 7.67. The Kier molecular flexibility index (Phi) is 3.55. The monoisotopic (exact) mass is 260 g/mol. The molecule has 5 nitrogen and oxygen atoms in total. The van der Waals surface area contributed by atoms with Crippen LogP contribution >= 0.6 is 0 Å². The zero-order chi connectivity index (χ0) is 14.0. The molecule has 1 N–H and O–H groups in total. The van der Waals surface area contributed by atoms with Gasteiger partial charge >= 0.3 is 5.97 Å². The van der Waals surface area contributed by atoms with Crippen LogP contribution in [0.2, 0.25) is 0 Å². The third-order valence-corrected chi connectivity index (χ3v) is 2.90. The predicted molar refractivity (Wildman–Crippen MR) is 71.2 cm³/mol. The molecule has 19 heavy (non-hydrogen) atoms. The maximum atomic E-state index is 11.3. The van der Waals surface area contributed by atoms with Crippen molar-refractivity contribution in [1.82, 2.24) is 9.78 Å². The van der Waals surface area contributed by atoms with E-state index < -0.39 is 5.97 Å². The zero-order valence-electron chi connectivity index (χ0n) is 11.2. The molecule has 1 aromatic heterocycles. The van der Waals surface area contributed by atoms with Crippen molar-refractivity contribution >= 4 is 5.97 Å². The van der Waals surface area contributed by atoms with E-state index >= 15 is 0 Å². The van der Waals surface area contributed by atoms with Gasteiger partial charge in [0, 0.05) is 0 Å². The minimum atomic E-state index is -1.02. The molecule has 1 aromatic carbocycles. The maximum Gasteiger partial charge on any atom is 0.343 e. The summed E-state index contributed by atoms with van der Waals surface area (Å²) in [6.07, 6.45) is 0.539.